The third-order valence-corrected chi connectivity index (χ3v) is 5.02. The predicted molar refractivity (Wildman–Crippen MR) is 101 cm³/mol. The molecule has 2 N–H and O–H groups in total. The zero-order chi connectivity index (χ0) is 19.9. The first-order chi connectivity index (χ1) is 13.4. The normalized spacial score (nSPS) is 14.9. The molecule has 1 saturated carbocycles. The second kappa shape index (κ2) is 6.99. The summed E-state index contributed by atoms with van der Waals surface area (Å²) >= 11 is 6.11. The molecule has 0 spiro atoms. The predicted octanol–water partition coefficient (Wildman–Crippen LogP) is 1.49. The summed E-state index contributed by atoms with van der Waals surface area (Å²) < 4.78 is 6.87. The van der Waals surface area contributed by atoms with Crippen molar-refractivity contribution in [3.63, 3.8) is 0 Å². The Labute approximate surface area is 165 Å². The minimum absolute atomic E-state index is 0.176. The summed E-state index contributed by atoms with van der Waals surface area (Å²) in [6, 6.07) is 1.70. The lowest BCUT2D eigenvalue weighted by molar-refractivity contribution is 0.0892. The molecule has 1 aliphatic rings. The Morgan fingerprint density at radius 3 is 2.89 bits per heavy atom. The van der Waals surface area contributed by atoms with E-state index in [1.54, 1.807) is 17.9 Å². The molecule has 0 atom stereocenters. The summed E-state index contributed by atoms with van der Waals surface area (Å²) in [5.74, 6) is 0.0872. The molecule has 0 aromatic carbocycles. The monoisotopic (exact) mass is 402 g/mol. The Morgan fingerprint density at radius 1 is 1.39 bits per heavy atom. The van der Waals surface area contributed by atoms with Crippen molar-refractivity contribution < 1.29 is 14.6 Å². The molecule has 1 fully saturated rings. The molecule has 4 rings (SSSR count). The van der Waals surface area contributed by atoms with E-state index in [0.29, 0.717) is 47.0 Å². The van der Waals surface area contributed by atoms with Crippen LogP contribution >= 0.6 is 11.6 Å². The zero-order valence-corrected chi connectivity index (χ0v) is 16.2. The van der Waals surface area contributed by atoms with Gasteiger partial charge in [-0.3, -0.25) is 14.5 Å². The SMILES string of the molecule is COc1ncnc(Cn2nc(C(=O)NCC3(O)CC3)c3ncc(Cl)cc32)c1C. The number of nitrogens with one attached hydrogen (secondary N) is 1. The van der Waals surface area contributed by atoms with Gasteiger partial charge in [-0.05, 0) is 25.8 Å². The van der Waals surface area contributed by atoms with E-state index in [1.165, 1.54) is 12.5 Å². The molecule has 0 radical (unpaired) electrons. The van der Waals surface area contributed by atoms with Gasteiger partial charge in [-0.1, -0.05) is 11.6 Å². The highest BCUT2D eigenvalue weighted by Gasteiger charge is 2.40. The number of carbonyl (C=O) groups excluding carboxylic acids is 1. The summed E-state index contributed by atoms with van der Waals surface area (Å²) in [5, 5.41) is 17.6. The Balaban J connectivity index is 1.70. The van der Waals surface area contributed by atoms with Gasteiger partial charge in [0.15, 0.2) is 5.69 Å². The van der Waals surface area contributed by atoms with Crippen LogP contribution in [0.3, 0.4) is 0 Å². The number of fused-ring (bicyclic) bond motifs is 1. The van der Waals surface area contributed by atoms with Crippen molar-refractivity contribution >= 4 is 28.5 Å². The molecular weight excluding hydrogens is 384 g/mol. The minimum atomic E-state index is -0.792. The fourth-order valence-corrected chi connectivity index (χ4v) is 3.08. The van der Waals surface area contributed by atoms with E-state index in [2.05, 4.69) is 25.4 Å². The summed E-state index contributed by atoms with van der Waals surface area (Å²) in [4.78, 5) is 25.3. The Morgan fingerprint density at radius 2 is 2.18 bits per heavy atom. The van der Waals surface area contributed by atoms with Gasteiger partial charge >= 0.3 is 0 Å². The molecule has 1 aliphatic carbocycles. The van der Waals surface area contributed by atoms with Gasteiger partial charge in [-0.2, -0.15) is 5.10 Å². The molecule has 0 aliphatic heterocycles. The number of aromatic nitrogens is 5. The molecule has 146 valence electrons. The smallest absolute Gasteiger partial charge is 0.274 e. The average Bonchev–Trinajstić information content (AvgIpc) is 3.32. The van der Waals surface area contributed by atoms with Crippen LogP contribution in [0.4, 0.5) is 0 Å². The van der Waals surface area contributed by atoms with Gasteiger partial charge in [0.1, 0.15) is 11.8 Å². The van der Waals surface area contributed by atoms with Gasteiger partial charge in [-0.25, -0.2) is 9.97 Å². The van der Waals surface area contributed by atoms with E-state index in [1.807, 2.05) is 6.92 Å². The highest BCUT2D eigenvalue weighted by molar-refractivity contribution is 6.31. The summed E-state index contributed by atoms with van der Waals surface area (Å²) in [5.41, 5.74) is 1.91. The number of aliphatic hydroxyl groups is 1. The maximum atomic E-state index is 12.6. The molecule has 3 aromatic heterocycles. The van der Waals surface area contributed by atoms with Gasteiger partial charge in [-0.15, -0.1) is 0 Å². The van der Waals surface area contributed by atoms with Crippen molar-refractivity contribution in [3.8, 4) is 5.88 Å². The van der Waals surface area contributed by atoms with Crippen LogP contribution in [0.15, 0.2) is 18.6 Å². The Kier molecular flexibility index (Phi) is 4.64. The summed E-state index contributed by atoms with van der Waals surface area (Å²) in [6.07, 6.45) is 4.26. The van der Waals surface area contributed by atoms with Crippen molar-refractivity contribution in [3.05, 3.63) is 40.6 Å². The quantitative estimate of drug-likeness (QED) is 0.641. The number of nitrogens with zero attached hydrogens (tertiary/aromatic N) is 5. The average molecular weight is 403 g/mol. The lowest BCUT2D eigenvalue weighted by Crippen LogP contribution is -2.33. The zero-order valence-electron chi connectivity index (χ0n) is 15.4. The third-order valence-electron chi connectivity index (χ3n) is 4.81. The fourth-order valence-electron chi connectivity index (χ4n) is 2.93. The topological polar surface area (TPSA) is 115 Å². The number of amides is 1. The van der Waals surface area contributed by atoms with Gasteiger partial charge < -0.3 is 15.2 Å². The fraction of sp³-hybridized carbons (Fsp3) is 0.389. The molecule has 28 heavy (non-hydrogen) atoms. The summed E-state index contributed by atoms with van der Waals surface area (Å²) in [7, 11) is 1.54. The Bertz CT molecular complexity index is 1060. The van der Waals surface area contributed by atoms with Crippen LogP contribution in [0.2, 0.25) is 5.02 Å². The molecule has 0 bridgehead atoms. The number of ether oxygens (including phenoxy) is 1. The Hall–Kier alpha value is -2.78. The highest BCUT2D eigenvalue weighted by atomic mass is 35.5. The van der Waals surface area contributed by atoms with Crippen LogP contribution in [0.1, 0.15) is 34.6 Å². The number of carbonyl (C=O) groups is 1. The van der Waals surface area contributed by atoms with E-state index >= 15 is 0 Å². The number of hydrogen-bond acceptors (Lipinski definition) is 7. The van der Waals surface area contributed by atoms with Gasteiger partial charge in [0.05, 0.1) is 35.5 Å². The van der Waals surface area contributed by atoms with Crippen molar-refractivity contribution in [2.24, 2.45) is 0 Å². The van der Waals surface area contributed by atoms with Gasteiger partial charge in [0, 0.05) is 18.3 Å². The number of hydrogen-bond donors (Lipinski definition) is 2. The molecule has 3 aromatic rings. The first-order valence-corrected chi connectivity index (χ1v) is 9.15. The third kappa shape index (κ3) is 3.50. The molecule has 0 unspecified atom stereocenters. The molecule has 9 nitrogen and oxygen atoms in total. The van der Waals surface area contributed by atoms with Crippen LogP contribution in [0, 0.1) is 6.92 Å². The lowest BCUT2D eigenvalue weighted by Gasteiger charge is -2.09. The standard InChI is InChI=1S/C18H19ClN6O3/c1-10-12(22-9-23-17(10)28-2)7-25-13-5-11(19)6-20-14(13)15(24-25)16(26)21-8-18(27)3-4-18/h5-6,9,27H,3-4,7-8H2,1-2H3,(H,21,26). The lowest BCUT2D eigenvalue weighted by atomic mass is 10.2. The largest absolute Gasteiger partial charge is 0.481 e. The van der Waals surface area contributed by atoms with E-state index in [-0.39, 0.29) is 12.2 Å². The van der Waals surface area contributed by atoms with Crippen LogP contribution < -0.4 is 10.1 Å². The van der Waals surface area contributed by atoms with Crippen molar-refractivity contribution in [1.82, 2.24) is 30.0 Å². The van der Waals surface area contributed by atoms with E-state index in [4.69, 9.17) is 16.3 Å². The second-order valence-corrected chi connectivity index (χ2v) is 7.33. The molecule has 10 heteroatoms. The van der Waals surface area contributed by atoms with E-state index in [9.17, 15) is 9.90 Å². The molecule has 3 heterocycles. The maximum Gasteiger partial charge on any atom is 0.274 e. The maximum absolute atomic E-state index is 12.6. The van der Waals surface area contributed by atoms with Gasteiger partial charge in [0.25, 0.3) is 5.91 Å². The van der Waals surface area contributed by atoms with Crippen LogP contribution in [0.25, 0.3) is 11.0 Å². The number of halogens is 1. The van der Waals surface area contributed by atoms with Crippen LogP contribution in [-0.4, -0.2) is 55.0 Å². The van der Waals surface area contributed by atoms with Crippen molar-refractivity contribution in [2.75, 3.05) is 13.7 Å². The van der Waals surface area contributed by atoms with Gasteiger partial charge in [0.2, 0.25) is 5.88 Å². The van der Waals surface area contributed by atoms with Crippen molar-refractivity contribution in [1.29, 1.82) is 0 Å². The van der Waals surface area contributed by atoms with Crippen LogP contribution in [0.5, 0.6) is 5.88 Å². The number of rotatable bonds is 6. The molecular formula is C18H19ClN6O3. The molecule has 1 amide bonds. The number of methoxy groups -OCH3 is 1. The van der Waals surface area contributed by atoms with Crippen molar-refractivity contribution in [2.45, 2.75) is 31.9 Å². The van der Waals surface area contributed by atoms with E-state index in [0.717, 1.165) is 5.56 Å². The number of pyridine rings is 1. The highest BCUT2D eigenvalue weighted by Crippen LogP contribution is 2.34. The first-order valence-electron chi connectivity index (χ1n) is 8.77. The first kappa shape index (κ1) is 18.6. The second-order valence-electron chi connectivity index (χ2n) is 6.89. The minimum Gasteiger partial charge on any atom is -0.481 e. The van der Waals surface area contributed by atoms with Crippen LogP contribution in [-0.2, 0) is 6.54 Å². The molecule has 0 saturated heterocycles. The van der Waals surface area contributed by atoms with E-state index < -0.39 is 11.5 Å². The summed E-state index contributed by atoms with van der Waals surface area (Å²) in [6.45, 7) is 2.34.